The quantitative estimate of drug-likeness (QED) is 0.396. The summed E-state index contributed by atoms with van der Waals surface area (Å²) in [5.74, 6) is 0.363. The fraction of sp³-hybridized carbons (Fsp3) is 0.280. The predicted molar refractivity (Wildman–Crippen MR) is 135 cm³/mol. The number of carbonyl (C=O) groups is 2. The monoisotopic (exact) mass is 508 g/mol. The number of fused-ring (bicyclic) bond motifs is 1. The van der Waals surface area contributed by atoms with Crippen LogP contribution in [0, 0.1) is 5.82 Å². The molecule has 0 atom stereocenters. The first-order valence-electron chi connectivity index (χ1n) is 11.6. The molecule has 0 saturated carbocycles. The van der Waals surface area contributed by atoms with Crippen molar-refractivity contribution in [2.75, 3.05) is 38.5 Å². The number of rotatable bonds is 6. The van der Waals surface area contributed by atoms with Gasteiger partial charge >= 0.3 is 6.09 Å². The van der Waals surface area contributed by atoms with Gasteiger partial charge in [-0.15, -0.1) is 10.2 Å². The van der Waals surface area contributed by atoms with Gasteiger partial charge in [0, 0.05) is 54.5 Å². The lowest BCUT2D eigenvalue weighted by molar-refractivity contribution is -0.129. The smallest absolute Gasteiger partial charge is 0.409 e. The number of nitrogens with one attached hydrogen (secondary N) is 1. The molecule has 0 spiro atoms. The van der Waals surface area contributed by atoms with Crippen LogP contribution >= 0.6 is 11.8 Å². The van der Waals surface area contributed by atoms with Crippen molar-refractivity contribution in [2.24, 2.45) is 0 Å². The van der Waals surface area contributed by atoms with Crippen molar-refractivity contribution in [3.05, 3.63) is 60.5 Å². The number of H-pyrrole nitrogens is 1. The van der Waals surface area contributed by atoms with Crippen LogP contribution in [0.15, 0.2) is 59.9 Å². The number of hydrogen-bond acceptors (Lipinski definition) is 6. The summed E-state index contributed by atoms with van der Waals surface area (Å²) in [6.07, 6.45) is 1.52. The first kappa shape index (κ1) is 23.9. The van der Waals surface area contributed by atoms with Crippen LogP contribution in [0.25, 0.3) is 28.0 Å². The number of hydrogen-bond donors (Lipinski definition) is 1. The molecule has 4 aromatic rings. The van der Waals surface area contributed by atoms with E-state index in [2.05, 4.69) is 15.2 Å². The van der Waals surface area contributed by atoms with Gasteiger partial charge in [-0.3, -0.25) is 9.36 Å². The van der Waals surface area contributed by atoms with Gasteiger partial charge in [0.2, 0.25) is 5.91 Å². The van der Waals surface area contributed by atoms with Crippen LogP contribution in [-0.4, -0.2) is 80.1 Å². The van der Waals surface area contributed by atoms with Crippen molar-refractivity contribution in [2.45, 2.75) is 12.1 Å². The van der Waals surface area contributed by atoms with Gasteiger partial charge in [0.15, 0.2) is 11.0 Å². The van der Waals surface area contributed by atoms with E-state index in [-0.39, 0.29) is 23.6 Å². The maximum Gasteiger partial charge on any atom is 0.409 e. The highest BCUT2D eigenvalue weighted by molar-refractivity contribution is 7.99. The first-order chi connectivity index (χ1) is 17.5. The third-order valence-electron chi connectivity index (χ3n) is 6.03. The number of piperazine rings is 1. The minimum Gasteiger partial charge on any atom is -0.450 e. The van der Waals surface area contributed by atoms with E-state index in [1.54, 1.807) is 28.9 Å². The first-order valence-corrected chi connectivity index (χ1v) is 12.6. The van der Waals surface area contributed by atoms with Gasteiger partial charge in [-0.25, -0.2) is 9.18 Å². The summed E-state index contributed by atoms with van der Waals surface area (Å²) in [7, 11) is 0. The molecular formula is C25H25FN6O3S. The zero-order valence-corrected chi connectivity index (χ0v) is 20.5. The average Bonchev–Trinajstić information content (AvgIpc) is 3.52. The number of halogens is 1. The summed E-state index contributed by atoms with van der Waals surface area (Å²) in [6.45, 7) is 3.86. The molecule has 2 aromatic carbocycles. The van der Waals surface area contributed by atoms with E-state index in [4.69, 9.17) is 4.74 Å². The van der Waals surface area contributed by atoms with Crippen molar-refractivity contribution in [1.29, 1.82) is 0 Å². The number of nitrogens with zero attached hydrogens (tertiary/aromatic N) is 5. The van der Waals surface area contributed by atoms with Gasteiger partial charge in [-0.05, 0) is 37.3 Å². The average molecular weight is 509 g/mol. The van der Waals surface area contributed by atoms with E-state index in [1.165, 1.54) is 23.9 Å². The molecule has 3 heterocycles. The lowest BCUT2D eigenvalue weighted by Gasteiger charge is -2.34. The number of aromatic nitrogens is 4. The van der Waals surface area contributed by atoms with Crippen LogP contribution in [0.5, 0.6) is 0 Å². The number of para-hydroxylation sites is 1. The van der Waals surface area contributed by atoms with E-state index in [9.17, 15) is 14.0 Å². The van der Waals surface area contributed by atoms with Crippen LogP contribution in [0.3, 0.4) is 0 Å². The zero-order chi connectivity index (χ0) is 25.1. The second-order valence-electron chi connectivity index (χ2n) is 8.22. The third kappa shape index (κ3) is 4.78. The molecule has 1 aliphatic heterocycles. The second kappa shape index (κ2) is 10.4. The highest BCUT2D eigenvalue weighted by atomic mass is 32.2. The van der Waals surface area contributed by atoms with Crippen LogP contribution in [0.1, 0.15) is 6.92 Å². The van der Waals surface area contributed by atoms with Crippen molar-refractivity contribution >= 4 is 34.7 Å². The number of carbonyl (C=O) groups excluding carboxylic acids is 2. The van der Waals surface area contributed by atoms with Gasteiger partial charge in [0.25, 0.3) is 0 Å². The maximum absolute atomic E-state index is 13.7. The predicted octanol–water partition coefficient (Wildman–Crippen LogP) is 3.95. The van der Waals surface area contributed by atoms with Crippen LogP contribution in [-0.2, 0) is 9.53 Å². The van der Waals surface area contributed by atoms with E-state index in [0.717, 1.165) is 16.5 Å². The van der Waals surface area contributed by atoms with E-state index >= 15 is 0 Å². The highest BCUT2D eigenvalue weighted by Crippen LogP contribution is 2.32. The summed E-state index contributed by atoms with van der Waals surface area (Å²) in [5.41, 5.74) is 2.52. The summed E-state index contributed by atoms with van der Waals surface area (Å²) in [4.78, 5) is 31.4. The molecule has 2 aromatic heterocycles. The lowest BCUT2D eigenvalue weighted by Crippen LogP contribution is -2.51. The fourth-order valence-electron chi connectivity index (χ4n) is 4.19. The molecule has 36 heavy (non-hydrogen) atoms. The van der Waals surface area contributed by atoms with Gasteiger partial charge in [0.05, 0.1) is 12.4 Å². The van der Waals surface area contributed by atoms with Crippen LogP contribution in [0.4, 0.5) is 9.18 Å². The summed E-state index contributed by atoms with van der Waals surface area (Å²) in [5, 5.41) is 10.3. The molecule has 0 radical (unpaired) electrons. The van der Waals surface area contributed by atoms with E-state index in [1.807, 2.05) is 35.0 Å². The van der Waals surface area contributed by atoms with Crippen LogP contribution in [0.2, 0.25) is 0 Å². The topological polar surface area (TPSA) is 96.3 Å². The van der Waals surface area contributed by atoms with Gasteiger partial charge in [0.1, 0.15) is 5.82 Å². The Labute approximate surface area is 211 Å². The Morgan fingerprint density at radius 2 is 1.75 bits per heavy atom. The van der Waals surface area contributed by atoms with Gasteiger partial charge in [-0.1, -0.05) is 30.0 Å². The van der Waals surface area contributed by atoms with Crippen molar-refractivity contribution in [1.82, 2.24) is 29.5 Å². The molecule has 0 unspecified atom stereocenters. The maximum atomic E-state index is 13.7. The minimum atomic E-state index is -0.351. The molecule has 11 heteroatoms. The molecule has 1 N–H and O–H groups in total. The lowest BCUT2D eigenvalue weighted by atomic mass is 10.1. The molecule has 9 nitrogen and oxygen atoms in total. The summed E-state index contributed by atoms with van der Waals surface area (Å²) < 4.78 is 20.5. The number of amides is 2. The zero-order valence-electron chi connectivity index (χ0n) is 19.7. The van der Waals surface area contributed by atoms with Crippen LogP contribution < -0.4 is 0 Å². The summed E-state index contributed by atoms with van der Waals surface area (Å²) >= 11 is 1.28. The normalized spacial score (nSPS) is 13.8. The Hall–Kier alpha value is -3.86. The van der Waals surface area contributed by atoms with Gasteiger partial charge in [-0.2, -0.15) is 0 Å². The Bertz CT molecular complexity index is 1380. The third-order valence-corrected chi connectivity index (χ3v) is 6.95. The SMILES string of the molecule is CCOC(=O)N1CCN(C(=O)CSc2nnc(-c3c[nH]c4ccccc34)n2-c2ccc(F)cc2)CC1. The van der Waals surface area contributed by atoms with Crippen molar-refractivity contribution < 1.29 is 18.7 Å². The Morgan fingerprint density at radius 3 is 2.50 bits per heavy atom. The molecule has 1 saturated heterocycles. The van der Waals surface area contributed by atoms with E-state index in [0.29, 0.717) is 49.5 Å². The largest absolute Gasteiger partial charge is 0.450 e. The number of thioether (sulfide) groups is 1. The molecule has 1 fully saturated rings. The minimum absolute atomic E-state index is 0.0502. The molecular weight excluding hydrogens is 483 g/mol. The van der Waals surface area contributed by atoms with E-state index < -0.39 is 0 Å². The molecule has 0 bridgehead atoms. The Morgan fingerprint density at radius 1 is 1.03 bits per heavy atom. The summed E-state index contributed by atoms with van der Waals surface area (Å²) in [6, 6.07) is 14.0. The standard InChI is InChI=1S/C25H25FN6O3S/c1-2-35-25(34)31-13-11-30(12-14-31)22(33)16-36-24-29-28-23(32(24)18-9-7-17(26)8-10-18)20-15-27-21-6-4-3-5-19(20)21/h3-10,15,27H,2,11-14,16H2,1H3. The molecule has 5 rings (SSSR count). The van der Waals surface area contributed by atoms with Gasteiger partial charge < -0.3 is 19.5 Å². The second-order valence-corrected chi connectivity index (χ2v) is 9.16. The number of benzene rings is 2. The molecule has 186 valence electrons. The highest BCUT2D eigenvalue weighted by Gasteiger charge is 2.26. The van der Waals surface area contributed by atoms with Crippen molar-refractivity contribution in [3.8, 4) is 17.1 Å². The number of ether oxygens (including phenoxy) is 1. The Balaban J connectivity index is 1.36. The molecule has 0 aliphatic carbocycles. The number of aromatic amines is 1. The molecule has 1 aliphatic rings. The fourth-order valence-corrected chi connectivity index (χ4v) is 5.04. The van der Waals surface area contributed by atoms with Crippen molar-refractivity contribution in [3.63, 3.8) is 0 Å². The molecule has 2 amide bonds. The Kier molecular flexibility index (Phi) is 6.90.